The number of sulfonamides is 1. The Balaban J connectivity index is 1.70. The highest BCUT2D eigenvalue weighted by atomic mass is 32.2. The molecule has 28 heavy (non-hydrogen) atoms. The van der Waals surface area contributed by atoms with E-state index in [2.05, 4.69) is 10.0 Å². The van der Waals surface area contributed by atoms with Crippen LogP contribution in [0.2, 0.25) is 0 Å². The molecule has 0 radical (unpaired) electrons. The number of benzene rings is 1. The molecule has 3 rings (SSSR count). The van der Waals surface area contributed by atoms with E-state index < -0.39 is 28.0 Å². The maximum absolute atomic E-state index is 12.6. The van der Waals surface area contributed by atoms with Crippen molar-refractivity contribution in [1.29, 1.82) is 0 Å². The number of fused-ring (bicyclic) bond motifs is 1. The minimum absolute atomic E-state index is 0.0601. The van der Waals surface area contributed by atoms with Gasteiger partial charge in [-0.15, -0.1) is 0 Å². The Hall–Kier alpha value is -2.62. The summed E-state index contributed by atoms with van der Waals surface area (Å²) in [6.45, 7) is 4.12. The molecule has 1 aromatic rings. The van der Waals surface area contributed by atoms with Crippen LogP contribution in [-0.4, -0.2) is 50.2 Å². The molecule has 1 unspecified atom stereocenters. The second kappa shape index (κ2) is 7.78. The Morgan fingerprint density at radius 1 is 1.29 bits per heavy atom. The molecular formula is C18H23N3O6S. The first-order chi connectivity index (χ1) is 13.2. The Kier molecular flexibility index (Phi) is 5.59. The number of amides is 3. The second-order valence-electron chi connectivity index (χ2n) is 6.91. The number of carbonyl (C=O) groups is 3. The molecule has 9 nitrogen and oxygen atoms in total. The van der Waals surface area contributed by atoms with Crippen LogP contribution in [0.1, 0.15) is 33.1 Å². The zero-order chi connectivity index (χ0) is 20.5. The summed E-state index contributed by atoms with van der Waals surface area (Å²) in [4.78, 5) is 37.2. The van der Waals surface area contributed by atoms with Gasteiger partial charge in [-0.05, 0) is 37.5 Å². The van der Waals surface area contributed by atoms with Crippen molar-refractivity contribution in [2.24, 2.45) is 5.92 Å². The molecule has 1 saturated heterocycles. The lowest BCUT2D eigenvalue weighted by atomic mass is 9.96. The summed E-state index contributed by atoms with van der Waals surface area (Å²) < 4.78 is 32.8. The van der Waals surface area contributed by atoms with Gasteiger partial charge in [0.25, 0.3) is 15.9 Å². The Bertz CT molecular complexity index is 906. The molecule has 1 fully saturated rings. The number of nitrogens with zero attached hydrogens (tertiary/aromatic N) is 1. The van der Waals surface area contributed by atoms with Gasteiger partial charge in [0.1, 0.15) is 5.75 Å². The largest absolute Gasteiger partial charge is 0.478 e. The van der Waals surface area contributed by atoms with Gasteiger partial charge in [-0.1, -0.05) is 6.92 Å². The van der Waals surface area contributed by atoms with E-state index in [1.54, 1.807) is 4.90 Å². The first-order valence-corrected chi connectivity index (χ1v) is 10.6. The molecule has 0 aromatic heterocycles. The van der Waals surface area contributed by atoms with Crippen molar-refractivity contribution in [3.63, 3.8) is 0 Å². The minimum atomic E-state index is -4.10. The standard InChI is InChI=1S/C18H23N3O6S/c1-3-15-18(24)19-14-10-13(4-5-16(14)27-15)28(25,26)20-17(23)12-6-8-21(9-7-12)11(2)22/h4-5,10,12,15H,3,6-9H2,1-2H3,(H,19,24)(H,20,23). The van der Waals surface area contributed by atoms with Gasteiger partial charge in [-0.25, -0.2) is 13.1 Å². The zero-order valence-electron chi connectivity index (χ0n) is 15.7. The lowest BCUT2D eigenvalue weighted by molar-refractivity contribution is -0.133. The first kappa shape index (κ1) is 20.1. The third kappa shape index (κ3) is 4.11. The Labute approximate surface area is 163 Å². The van der Waals surface area contributed by atoms with Crippen molar-refractivity contribution < 1.29 is 27.5 Å². The second-order valence-corrected chi connectivity index (χ2v) is 8.59. The van der Waals surface area contributed by atoms with E-state index in [0.717, 1.165) is 0 Å². The molecule has 0 aliphatic carbocycles. The van der Waals surface area contributed by atoms with Crippen molar-refractivity contribution in [2.45, 2.75) is 44.1 Å². The topological polar surface area (TPSA) is 122 Å². The summed E-state index contributed by atoms with van der Waals surface area (Å²) in [6, 6.07) is 4.06. The molecule has 2 aliphatic rings. The average Bonchev–Trinajstić information content (AvgIpc) is 2.66. The molecule has 2 N–H and O–H groups in total. The summed E-state index contributed by atoms with van der Waals surface area (Å²) in [5.41, 5.74) is 0.250. The van der Waals surface area contributed by atoms with Crippen LogP contribution in [0.3, 0.4) is 0 Å². The highest BCUT2D eigenvalue weighted by Crippen LogP contribution is 2.32. The molecule has 1 aromatic carbocycles. The van der Waals surface area contributed by atoms with Gasteiger partial charge >= 0.3 is 0 Å². The molecule has 0 bridgehead atoms. The van der Waals surface area contributed by atoms with E-state index >= 15 is 0 Å². The summed E-state index contributed by atoms with van der Waals surface area (Å²) in [5, 5.41) is 2.63. The van der Waals surface area contributed by atoms with E-state index in [4.69, 9.17) is 4.74 Å². The first-order valence-electron chi connectivity index (χ1n) is 9.15. The third-order valence-electron chi connectivity index (χ3n) is 5.00. The van der Waals surface area contributed by atoms with E-state index in [1.165, 1.54) is 25.1 Å². The summed E-state index contributed by atoms with van der Waals surface area (Å²) in [7, 11) is -4.10. The lowest BCUT2D eigenvalue weighted by Gasteiger charge is -2.30. The summed E-state index contributed by atoms with van der Waals surface area (Å²) >= 11 is 0. The fraction of sp³-hybridized carbons (Fsp3) is 0.500. The smallest absolute Gasteiger partial charge is 0.265 e. The van der Waals surface area contributed by atoms with Crippen LogP contribution in [-0.2, 0) is 24.4 Å². The Morgan fingerprint density at radius 3 is 2.57 bits per heavy atom. The van der Waals surface area contributed by atoms with E-state index in [1.807, 2.05) is 6.92 Å². The number of hydrogen-bond acceptors (Lipinski definition) is 6. The predicted molar refractivity (Wildman–Crippen MR) is 100 cm³/mol. The fourth-order valence-electron chi connectivity index (χ4n) is 3.30. The molecule has 0 saturated carbocycles. The molecule has 2 aliphatic heterocycles. The van der Waals surface area contributed by atoms with Crippen LogP contribution in [0.15, 0.2) is 23.1 Å². The fourth-order valence-corrected chi connectivity index (χ4v) is 4.37. The van der Waals surface area contributed by atoms with Gasteiger partial charge in [0, 0.05) is 25.9 Å². The molecule has 152 valence electrons. The molecule has 2 heterocycles. The van der Waals surface area contributed by atoms with E-state index in [0.29, 0.717) is 38.1 Å². The van der Waals surface area contributed by atoms with Crippen LogP contribution < -0.4 is 14.8 Å². The summed E-state index contributed by atoms with van der Waals surface area (Å²) in [6.07, 6.45) is 0.695. The van der Waals surface area contributed by atoms with Crippen LogP contribution in [0.25, 0.3) is 0 Å². The van der Waals surface area contributed by atoms with Crippen molar-refractivity contribution in [3.05, 3.63) is 18.2 Å². The number of hydrogen-bond donors (Lipinski definition) is 2. The highest BCUT2D eigenvalue weighted by Gasteiger charge is 2.31. The maximum atomic E-state index is 12.6. The van der Waals surface area contributed by atoms with Crippen LogP contribution in [0.5, 0.6) is 5.75 Å². The zero-order valence-corrected chi connectivity index (χ0v) is 16.5. The number of ether oxygens (including phenoxy) is 1. The van der Waals surface area contributed by atoms with E-state index in [9.17, 15) is 22.8 Å². The monoisotopic (exact) mass is 409 g/mol. The van der Waals surface area contributed by atoms with Gasteiger partial charge < -0.3 is 15.0 Å². The van der Waals surface area contributed by atoms with Crippen molar-refractivity contribution in [1.82, 2.24) is 9.62 Å². The van der Waals surface area contributed by atoms with Crippen molar-refractivity contribution in [3.8, 4) is 5.75 Å². The van der Waals surface area contributed by atoms with Crippen molar-refractivity contribution in [2.75, 3.05) is 18.4 Å². The maximum Gasteiger partial charge on any atom is 0.265 e. The van der Waals surface area contributed by atoms with Gasteiger partial charge in [0.05, 0.1) is 10.6 Å². The lowest BCUT2D eigenvalue weighted by Crippen LogP contribution is -2.43. The van der Waals surface area contributed by atoms with Crippen molar-refractivity contribution >= 4 is 33.4 Å². The number of piperidine rings is 1. The van der Waals surface area contributed by atoms with E-state index in [-0.39, 0.29) is 22.4 Å². The number of anilines is 1. The quantitative estimate of drug-likeness (QED) is 0.761. The molecule has 10 heteroatoms. The van der Waals surface area contributed by atoms with Gasteiger partial charge in [0.15, 0.2) is 6.10 Å². The Morgan fingerprint density at radius 2 is 1.96 bits per heavy atom. The third-order valence-corrected chi connectivity index (χ3v) is 6.34. The number of rotatable bonds is 4. The number of carbonyl (C=O) groups excluding carboxylic acids is 3. The van der Waals surface area contributed by atoms with Gasteiger partial charge in [-0.2, -0.15) is 0 Å². The van der Waals surface area contributed by atoms with Gasteiger partial charge in [-0.3, -0.25) is 14.4 Å². The highest BCUT2D eigenvalue weighted by molar-refractivity contribution is 7.90. The number of likely N-dealkylation sites (tertiary alicyclic amines) is 1. The normalized spacial score (nSPS) is 20.0. The summed E-state index contributed by atoms with van der Waals surface area (Å²) in [5.74, 6) is -1.09. The SMILES string of the molecule is CCC1Oc2ccc(S(=O)(=O)NC(=O)C3CCN(C(C)=O)CC3)cc2NC1=O. The molecule has 1 atom stereocenters. The number of nitrogens with one attached hydrogen (secondary N) is 2. The van der Waals surface area contributed by atoms with Crippen LogP contribution >= 0.6 is 0 Å². The van der Waals surface area contributed by atoms with Crippen LogP contribution in [0, 0.1) is 5.92 Å². The molecular weight excluding hydrogens is 386 g/mol. The molecule has 0 spiro atoms. The predicted octanol–water partition coefficient (Wildman–Crippen LogP) is 0.859. The minimum Gasteiger partial charge on any atom is -0.478 e. The van der Waals surface area contributed by atoms with Crippen LogP contribution in [0.4, 0.5) is 5.69 Å². The van der Waals surface area contributed by atoms with Gasteiger partial charge in [0.2, 0.25) is 11.8 Å². The molecule has 3 amide bonds. The average molecular weight is 409 g/mol.